The SMILES string of the molecule is COC(=O)C1=C(C(=O)c2ccco2)C(c2cscn2)NC(=S)N1. The quantitative estimate of drug-likeness (QED) is 0.488. The lowest BCUT2D eigenvalue weighted by atomic mass is 9.95. The fourth-order valence-electron chi connectivity index (χ4n) is 2.20. The van der Waals surface area contributed by atoms with Crippen molar-refractivity contribution >= 4 is 40.4 Å². The van der Waals surface area contributed by atoms with Crippen molar-refractivity contribution in [3.63, 3.8) is 0 Å². The van der Waals surface area contributed by atoms with Gasteiger partial charge in [-0.25, -0.2) is 9.78 Å². The standard InChI is InChI=1S/C14H11N3O4S2/c1-20-13(19)11-9(12(18)8-3-2-4-21-8)10(16-14(22)17-11)7-5-23-6-15-7/h2-6,10H,1H3,(H2,16,17,22). The van der Waals surface area contributed by atoms with Crippen LogP contribution in [0.1, 0.15) is 22.3 Å². The number of esters is 1. The number of Topliss-reactive ketones (excluding diaryl/α,β-unsaturated/α-hetero) is 1. The third-order valence-electron chi connectivity index (χ3n) is 3.20. The fourth-order valence-corrected chi connectivity index (χ4v) is 3.00. The zero-order chi connectivity index (χ0) is 16.4. The van der Waals surface area contributed by atoms with Gasteiger partial charge < -0.3 is 19.8 Å². The molecular weight excluding hydrogens is 338 g/mol. The van der Waals surface area contributed by atoms with Crippen molar-refractivity contribution in [2.75, 3.05) is 7.11 Å². The normalized spacial score (nSPS) is 17.4. The van der Waals surface area contributed by atoms with Crippen LogP contribution in [-0.2, 0) is 9.53 Å². The summed E-state index contributed by atoms with van der Waals surface area (Å²) in [7, 11) is 1.23. The third kappa shape index (κ3) is 2.88. The molecule has 2 aromatic rings. The van der Waals surface area contributed by atoms with Crippen molar-refractivity contribution in [1.29, 1.82) is 0 Å². The first kappa shape index (κ1) is 15.4. The van der Waals surface area contributed by atoms with Gasteiger partial charge in [-0.1, -0.05) is 0 Å². The lowest BCUT2D eigenvalue weighted by Crippen LogP contribution is -2.47. The number of nitrogens with zero attached hydrogens (tertiary/aromatic N) is 1. The van der Waals surface area contributed by atoms with Gasteiger partial charge in [-0.3, -0.25) is 4.79 Å². The van der Waals surface area contributed by atoms with Crippen LogP contribution in [0.15, 0.2) is 45.0 Å². The molecule has 0 saturated carbocycles. The van der Waals surface area contributed by atoms with Crippen molar-refractivity contribution in [3.05, 3.63) is 52.0 Å². The van der Waals surface area contributed by atoms with E-state index in [1.807, 2.05) is 0 Å². The predicted molar refractivity (Wildman–Crippen MR) is 85.8 cm³/mol. The van der Waals surface area contributed by atoms with E-state index in [9.17, 15) is 9.59 Å². The highest BCUT2D eigenvalue weighted by atomic mass is 32.1. The van der Waals surface area contributed by atoms with Gasteiger partial charge in [0.25, 0.3) is 0 Å². The number of carbonyl (C=O) groups is 2. The maximum absolute atomic E-state index is 12.8. The maximum atomic E-state index is 12.8. The summed E-state index contributed by atoms with van der Waals surface area (Å²) in [6.07, 6.45) is 1.39. The Labute approximate surface area is 140 Å². The average Bonchev–Trinajstić information content (AvgIpc) is 3.25. The number of furan rings is 1. The highest BCUT2D eigenvalue weighted by Gasteiger charge is 2.37. The number of thiazole rings is 1. The van der Waals surface area contributed by atoms with E-state index in [-0.39, 0.29) is 22.1 Å². The van der Waals surface area contributed by atoms with Gasteiger partial charge in [0.15, 0.2) is 10.9 Å². The number of carbonyl (C=O) groups excluding carboxylic acids is 2. The summed E-state index contributed by atoms with van der Waals surface area (Å²) < 4.78 is 9.91. The minimum atomic E-state index is -0.691. The number of hydrogen-bond acceptors (Lipinski definition) is 7. The van der Waals surface area contributed by atoms with Crippen LogP contribution in [0.5, 0.6) is 0 Å². The van der Waals surface area contributed by atoms with Crippen LogP contribution in [-0.4, -0.2) is 29.0 Å². The highest BCUT2D eigenvalue weighted by molar-refractivity contribution is 7.80. The number of hydrogen-bond donors (Lipinski definition) is 2. The lowest BCUT2D eigenvalue weighted by Gasteiger charge is -2.28. The van der Waals surface area contributed by atoms with E-state index in [2.05, 4.69) is 15.6 Å². The first-order valence-electron chi connectivity index (χ1n) is 6.48. The minimum Gasteiger partial charge on any atom is -0.464 e. The van der Waals surface area contributed by atoms with Gasteiger partial charge in [0.05, 0.1) is 30.2 Å². The molecule has 7 nitrogen and oxygen atoms in total. The van der Waals surface area contributed by atoms with Crippen molar-refractivity contribution in [2.24, 2.45) is 0 Å². The molecule has 0 fully saturated rings. The Morgan fingerprint density at radius 2 is 2.30 bits per heavy atom. The number of thiocarbonyl (C=S) groups is 1. The predicted octanol–water partition coefficient (Wildman–Crippen LogP) is 1.56. The molecule has 23 heavy (non-hydrogen) atoms. The molecule has 1 unspecified atom stereocenters. The van der Waals surface area contributed by atoms with E-state index in [0.29, 0.717) is 5.69 Å². The molecular formula is C14H11N3O4S2. The molecule has 2 N–H and O–H groups in total. The Morgan fingerprint density at radius 1 is 1.48 bits per heavy atom. The molecule has 3 heterocycles. The Bertz CT molecular complexity index is 781. The van der Waals surface area contributed by atoms with E-state index in [4.69, 9.17) is 21.4 Å². The first-order valence-corrected chi connectivity index (χ1v) is 7.83. The van der Waals surface area contributed by atoms with Crippen LogP contribution in [0, 0.1) is 0 Å². The Balaban J connectivity index is 2.16. The third-order valence-corrected chi connectivity index (χ3v) is 4.02. The Hall–Kier alpha value is -2.52. The smallest absolute Gasteiger partial charge is 0.355 e. The Morgan fingerprint density at radius 3 is 2.91 bits per heavy atom. The van der Waals surface area contributed by atoms with Crippen molar-refractivity contribution in [1.82, 2.24) is 15.6 Å². The summed E-state index contributed by atoms with van der Waals surface area (Å²) in [4.78, 5) is 29.1. The van der Waals surface area contributed by atoms with Crippen LogP contribution < -0.4 is 10.6 Å². The van der Waals surface area contributed by atoms with Gasteiger partial charge in [-0.2, -0.15) is 0 Å². The Kier molecular flexibility index (Phi) is 4.22. The maximum Gasteiger partial charge on any atom is 0.355 e. The zero-order valence-electron chi connectivity index (χ0n) is 11.9. The molecule has 2 aromatic heterocycles. The molecule has 0 aromatic carbocycles. The van der Waals surface area contributed by atoms with Crippen LogP contribution in [0.25, 0.3) is 0 Å². The summed E-state index contributed by atoms with van der Waals surface area (Å²) >= 11 is 6.49. The molecule has 0 bridgehead atoms. The second-order valence-electron chi connectivity index (χ2n) is 4.53. The molecule has 3 rings (SSSR count). The van der Waals surface area contributed by atoms with Gasteiger partial charge >= 0.3 is 5.97 Å². The summed E-state index contributed by atoms with van der Waals surface area (Å²) in [6, 6.07) is 2.45. The highest BCUT2D eigenvalue weighted by Crippen LogP contribution is 2.29. The van der Waals surface area contributed by atoms with E-state index in [1.165, 1.54) is 30.8 Å². The van der Waals surface area contributed by atoms with E-state index in [0.717, 1.165) is 0 Å². The summed E-state index contributed by atoms with van der Waals surface area (Å²) in [6.45, 7) is 0. The average molecular weight is 349 g/mol. The van der Waals surface area contributed by atoms with Gasteiger partial charge in [0.1, 0.15) is 11.7 Å². The number of nitrogens with one attached hydrogen (secondary N) is 2. The molecule has 0 saturated heterocycles. The van der Waals surface area contributed by atoms with E-state index < -0.39 is 17.8 Å². The van der Waals surface area contributed by atoms with Gasteiger partial charge in [-0.15, -0.1) is 11.3 Å². The summed E-state index contributed by atoms with van der Waals surface area (Å²) in [5.74, 6) is -1.03. The molecule has 1 aliphatic heterocycles. The summed E-state index contributed by atoms with van der Waals surface area (Å²) in [5.41, 5.74) is 2.34. The molecule has 118 valence electrons. The molecule has 0 aliphatic carbocycles. The van der Waals surface area contributed by atoms with E-state index >= 15 is 0 Å². The van der Waals surface area contributed by atoms with Gasteiger partial charge in [-0.05, 0) is 24.4 Å². The van der Waals surface area contributed by atoms with Crippen LogP contribution in [0.3, 0.4) is 0 Å². The topological polar surface area (TPSA) is 93.5 Å². The molecule has 0 amide bonds. The van der Waals surface area contributed by atoms with Crippen LogP contribution in [0.4, 0.5) is 0 Å². The minimum absolute atomic E-state index is 0.0179. The van der Waals surface area contributed by atoms with Crippen molar-refractivity contribution in [2.45, 2.75) is 6.04 Å². The molecule has 1 atom stereocenters. The first-order chi connectivity index (χ1) is 11.1. The van der Waals surface area contributed by atoms with Gasteiger partial charge in [0, 0.05) is 5.38 Å². The molecule has 1 aliphatic rings. The fraction of sp³-hybridized carbons (Fsp3) is 0.143. The summed E-state index contributed by atoms with van der Waals surface area (Å²) in [5, 5.41) is 7.63. The zero-order valence-corrected chi connectivity index (χ0v) is 13.5. The number of rotatable bonds is 4. The van der Waals surface area contributed by atoms with Crippen molar-refractivity contribution in [3.8, 4) is 0 Å². The van der Waals surface area contributed by atoms with Crippen molar-refractivity contribution < 1.29 is 18.7 Å². The second kappa shape index (κ2) is 6.31. The van der Waals surface area contributed by atoms with Gasteiger partial charge in [0.2, 0.25) is 5.78 Å². The lowest BCUT2D eigenvalue weighted by molar-refractivity contribution is -0.136. The number of aromatic nitrogens is 1. The molecule has 9 heteroatoms. The largest absolute Gasteiger partial charge is 0.464 e. The number of ketones is 1. The van der Waals surface area contributed by atoms with Crippen LogP contribution >= 0.6 is 23.6 Å². The molecule has 0 spiro atoms. The van der Waals surface area contributed by atoms with E-state index in [1.54, 1.807) is 17.0 Å². The second-order valence-corrected chi connectivity index (χ2v) is 5.66. The van der Waals surface area contributed by atoms with Crippen LogP contribution in [0.2, 0.25) is 0 Å². The number of ether oxygens (including phenoxy) is 1. The number of methoxy groups -OCH3 is 1. The monoisotopic (exact) mass is 349 g/mol. The molecule has 0 radical (unpaired) electrons.